The van der Waals surface area contributed by atoms with Crippen molar-refractivity contribution in [1.82, 2.24) is 4.90 Å². The summed E-state index contributed by atoms with van der Waals surface area (Å²) in [5.74, 6) is -1.09. The molecule has 0 bridgehead atoms. The number of morpholine rings is 1. The molecule has 6 heteroatoms. The van der Waals surface area contributed by atoms with Crippen molar-refractivity contribution in [1.29, 1.82) is 0 Å². The third kappa shape index (κ3) is 0.929. The van der Waals surface area contributed by atoms with Gasteiger partial charge in [0.25, 0.3) is 0 Å². The maximum absolute atomic E-state index is 11.5. The van der Waals surface area contributed by atoms with Crippen LogP contribution in [0.4, 0.5) is 4.79 Å². The van der Waals surface area contributed by atoms with E-state index in [0.29, 0.717) is 0 Å². The molecule has 3 aliphatic rings. The highest BCUT2D eigenvalue weighted by atomic mass is 16.6. The molecule has 1 aliphatic carbocycles. The quantitative estimate of drug-likeness (QED) is 0.453. The third-order valence-corrected chi connectivity index (χ3v) is 3.92. The number of carboxylic acids is 1. The molecule has 2 saturated heterocycles. The van der Waals surface area contributed by atoms with E-state index < -0.39 is 12.0 Å². The van der Waals surface area contributed by atoms with E-state index >= 15 is 0 Å². The van der Waals surface area contributed by atoms with Crippen molar-refractivity contribution in [3.8, 4) is 0 Å². The zero-order valence-corrected chi connectivity index (χ0v) is 8.47. The topological polar surface area (TPSA) is 70.1 Å². The molecule has 1 spiro atoms. The lowest BCUT2D eigenvalue weighted by molar-refractivity contribution is -0.143. The summed E-state index contributed by atoms with van der Waals surface area (Å²) in [6.07, 6.45) is 2.54. The highest BCUT2D eigenvalue weighted by Crippen LogP contribution is 2.59. The second-order valence-corrected chi connectivity index (χ2v) is 4.61. The third-order valence-electron chi connectivity index (χ3n) is 3.92. The van der Waals surface area contributed by atoms with Gasteiger partial charge in [0.15, 0.2) is 11.8 Å². The Balaban J connectivity index is 1.98. The Labute approximate surface area is 87.8 Å². The van der Waals surface area contributed by atoms with Crippen LogP contribution in [0.3, 0.4) is 0 Å². The molecule has 0 aromatic rings. The minimum absolute atomic E-state index is 0.00102. The van der Waals surface area contributed by atoms with Gasteiger partial charge in [-0.15, -0.1) is 0 Å². The van der Waals surface area contributed by atoms with E-state index in [1.165, 1.54) is 12.7 Å². The van der Waals surface area contributed by atoms with Crippen LogP contribution in [0.1, 0.15) is 19.3 Å². The fourth-order valence-corrected chi connectivity index (χ4v) is 3.36. The molecule has 1 saturated carbocycles. The normalized spacial score (nSPS) is 46.1. The number of carbonyl (C=O) groups is 2. The molecule has 1 N–H and O–H groups in total. The Kier molecular flexibility index (Phi) is 1.57. The summed E-state index contributed by atoms with van der Waals surface area (Å²) in [5, 5.41) is 9.11. The van der Waals surface area contributed by atoms with E-state index in [4.69, 9.17) is 9.84 Å². The zero-order valence-electron chi connectivity index (χ0n) is 8.47. The van der Waals surface area contributed by atoms with E-state index in [9.17, 15) is 9.59 Å². The van der Waals surface area contributed by atoms with Crippen LogP contribution in [0, 0.1) is 0 Å². The van der Waals surface area contributed by atoms with E-state index in [-0.39, 0.29) is 23.6 Å². The summed E-state index contributed by atoms with van der Waals surface area (Å²) >= 11 is 0. The zero-order chi connectivity index (χ0) is 10.8. The van der Waals surface area contributed by atoms with Crippen molar-refractivity contribution >= 4 is 19.6 Å². The van der Waals surface area contributed by atoms with Gasteiger partial charge in [0.2, 0.25) is 7.85 Å². The summed E-state index contributed by atoms with van der Waals surface area (Å²) in [7, 11) is 1.44. The molecule has 1 amide bonds. The van der Waals surface area contributed by atoms with E-state index in [1.54, 1.807) is 0 Å². The molecular weight excluding hydrogens is 197 g/mol. The summed E-state index contributed by atoms with van der Waals surface area (Å²) in [6.45, 7) is 0. The predicted molar refractivity (Wildman–Crippen MR) is 52.4 cm³/mol. The second-order valence-electron chi connectivity index (χ2n) is 4.61. The molecule has 3 unspecified atom stereocenters. The fourth-order valence-electron chi connectivity index (χ4n) is 3.36. The molecular formula is C9H12BNO4. The molecule has 2 aliphatic heterocycles. The monoisotopic (exact) mass is 209 g/mol. The van der Waals surface area contributed by atoms with Gasteiger partial charge in [-0.05, 0) is 19.3 Å². The van der Waals surface area contributed by atoms with Crippen molar-refractivity contribution < 1.29 is 19.4 Å². The number of carbonyl (C=O) groups excluding carboxylic acids is 1. The molecule has 0 aromatic carbocycles. The Morgan fingerprint density at radius 3 is 2.87 bits per heavy atom. The lowest BCUT2D eigenvalue weighted by Gasteiger charge is -2.29. The van der Waals surface area contributed by atoms with Crippen molar-refractivity contribution in [2.75, 3.05) is 0 Å². The molecule has 80 valence electrons. The summed E-state index contributed by atoms with van der Waals surface area (Å²) < 4.78 is 5.54. The standard InChI is InChI=1S/C9H12BNO4/c10-8(14)11-4-2-1-3-9(4)6(15-9)5(11)7(12)13/h4-6H,1-3,10H2,(H,12,13)/t4?,5-,6?,9?/m0/s1. The van der Waals surface area contributed by atoms with E-state index in [2.05, 4.69) is 0 Å². The van der Waals surface area contributed by atoms with Crippen LogP contribution in [-0.4, -0.2) is 53.4 Å². The highest BCUT2D eigenvalue weighted by molar-refractivity contribution is 6.57. The van der Waals surface area contributed by atoms with Crippen molar-refractivity contribution in [2.24, 2.45) is 0 Å². The molecule has 4 atom stereocenters. The Morgan fingerprint density at radius 1 is 1.53 bits per heavy atom. The molecule has 3 fully saturated rings. The minimum Gasteiger partial charge on any atom is -0.480 e. The molecule has 3 rings (SSSR count). The van der Waals surface area contributed by atoms with Crippen LogP contribution in [0.15, 0.2) is 0 Å². The van der Waals surface area contributed by atoms with Crippen LogP contribution >= 0.6 is 0 Å². The highest BCUT2D eigenvalue weighted by Gasteiger charge is 2.76. The number of ether oxygens (including phenoxy) is 1. The average Bonchev–Trinajstić information content (AvgIpc) is 2.56. The first kappa shape index (κ1) is 9.21. The van der Waals surface area contributed by atoms with E-state index in [1.807, 2.05) is 0 Å². The number of likely N-dealkylation sites (tertiary alicyclic amines) is 1. The second kappa shape index (κ2) is 2.55. The van der Waals surface area contributed by atoms with Crippen molar-refractivity contribution in [2.45, 2.75) is 43.1 Å². The Morgan fingerprint density at radius 2 is 2.27 bits per heavy atom. The van der Waals surface area contributed by atoms with E-state index in [0.717, 1.165) is 19.3 Å². The van der Waals surface area contributed by atoms with Gasteiger partial charge in [-0.25, -0.2) is 4.79 Å². The van der Waals surface area contributed by atoms with Crippen LogP contribution in [0.5, 0.6) is 0 Å². The fraction of sp³-hybridized carbons (Fsp3) is 0.778. The SMILES string of the molecule is BC(=O)N1C2CCCC23OC3[C@H]1C(=O)O. The Hall–Kier alpha value is -1.04. The van der Waals surface area contributed by atoms with Crippen LogP contribution in [0.25, 0.3) is 0 Å². The maximum Gasteiger partial charge on any atom is 0.329 e. The van der Waals surface area contributed by atoms with Gasteiger partial charge < -0.3 is 14.7 Å². The lowest BCUT2D eigenvalue weighted by Crippen LogP contribution is -2.49. The summed E-state index contributed by atoms with van der Waals surface area (Å²) in [4.78, 5) is 24.1. The molecule has 2 heterocycles. The predicted octanol–water partition coefficient (Wildman–Crippen LogP) is -0.802. The molecule has 5 nitrogen and oxygen atoms in total. The first-order valence-corrected chi connectivity index (χ1v) is 5.27. The van der Waals surface area contributed by atoms with Gasteiger partial charge in [-0.2, -0.15) is 0 Å². The van der Waals surface area contributed by atoms with Gasteiger partial charge in [-0.3, -0.25) is 4.79 Å². The Bertz CT molecular complexity index is 360. The van der Waals surface area contributed by atoms with Gasteiger partial charge in [0, 0.05) is 0 Å². The van der Waals surface area contributed by atoms with Crippen LogP contribution < -0.4 is 0 Å². The number of epoxide rings is 1. The number of rotatable bonds is 1. The first-order valence-electron chi connectivity index (χ1n) is 5.27. The number of amides is 1. The van der Waals surface area contributed by atoms with Gasteiger partial charge in [0.1, 0.15) is 11.7 Å². The lowest BCUT2D eigenvalue weighted by atomic mass is 10.0. The van der Waals surface area contributed by atoms with Crippen LogP contribution in [-0.2, 0) is 9.53 Å². The maximum atomic E-state index is 11.5. The number of hydrogen-bond acceptors (Lipinski definition) is 3. The smallest absolute Gasteiger partial charge is 0.329 e. The molecule has 15 heavy (non-hydrogen) atoms. The number of hydrogen-bond donors (Lipinski definition) is 1. The van der Waals surface area contributed by atoms with Crippen LogP contribution in [0.2, 0.25) is 0 Å². The first-order chi connectivity index (χ1) is 7.08. The van der Waals surface area contributed by atoms with Crippen molar-refractivity contribution in [3.05, 3.63) is 0 Å². The van der Waals surface area contributed by atoms with Gasteiger partial charge in [0.05, 0.1) is 6.04 Å². The summed E-state index contributed by atoms with van der Waals surface area (Å²) in [5.41, 5.74) is -0.297. The van der Waals surface area contributed by atoms with Gasteiger partial charge in [-0.1, -0.05) is 0 Å². The number of aliphatic carboxylic acids is 1. The molecule has 0 radical (unpaired) electrons. The van der Waals surface area contributed by atoms with Crippen molar-refractivity contribution in [3.63, 3.8) is 0 Å². The number of nitrogens with zero attached hydrogens (tertiary/aromatic N) is 1. The molecule has 0 aromatic heterocycles. The summed E-state index contributed by atoms with van der Waals surface area (Å²) in [6, 6.07) is -0.756. The largest absolute Gasteiger partial charge is 0.480 e. The number of carboxylic acid groups (broad SMARTS) is 1. The van der Waals surface area contributed by atoms with Gasteiger partial charge >= 0.3 is 5.97 Å². The average molecular weight is 209 g/mol. The minimum atomic E-state index is -0.943.